The van der Waals surface area contributed by atoms with Gasteiger partial charge in [-0.2, -0.15) is 5.10 Å². The second-order valence-electron chi connectivity index (χ2n) is 4.38. The Kier molecular flexibility index (Phi) is 2.33. The first kappa shape index (κ1) is 9.68. The van der Waals surface area contributed by atoms with Gasteiger partial charge in [-0.3, -0.25) is 4.68 Å². The van der Waals surface area contributed by atoms with E-state index >= 15 is 0 Å². The largest absolute Gasteiger partial charge is 0.394 e. The zero-order valence-electron chi connectivity index (χ0n) is 8.48. The summed E-state index contributed by atoms with van der Waals surface area (Å²) >= 11 is 0. The van der Waals surface area contributed by atoms with Crippen molar-refractivity contribution in [3.8, 4) is 0 Å². The second-order valence-corrected chi connectivity index (χ2v) is 4.38. The Bertz CT molecular complexity index is 319. The van der Waals surface area contributed by atoms with Crippen molar-refractivity contribution >= 4 is 0 Å². The van der Waals surface area contributed by atoms with Gasteiger partial charge in [-0.25, -0.2) is 0 Å². The van der Waals surface area contributed by atoms with Crippen LogP contribution in [0, 0.1) is 12.8 Å². The molecule has 78 valence electrons. The highest BCUT2D eigenvalue weighted by atomic mass is 16.3. The number of aliphatic hydroxyl groups excluding tert-OH is 1. The van der Waals surface area contributed by atoms with Crippen molar-refractivity contribution in [2.75, 3.05) is 6.61 Å². The Hall–Kier alpha value is -0.870. The van der Waals surface area contributed by atoms with Crippen LogP contribution in [0.5, 0.6) is 0 Å². The van der Waals surface area contributed by atoms with Crippen molar-refractivity contribution in [1.82, 2.24) is 9.78 Å². The maximum atomic E-state index is 9.30. The van der Waals surface area contributed by atoms with E-state index in [0.717, 1.165) is 18.4 Å². The second kappa shape index (κ2) is 3.37. The molecule has 1 saturated carbocycles. The number of hydrogen-bond acceptors (Lipinski definition) is 3. The number of hydrogen-bond donors (Lipinski definition) is 2. The molecule has 3 N–H and O–H groups in total. The van der Waals surface area contributed by atoms with Crippen LogP contribution in [-0.2, 0) is 6.54 Å². The maximum Gasteiger partial charge on any atom is 0.0632 e. The molecule has 0 spiro atoms. The van der Waals surface area contributed by atoms with Crippen LogP contribution in [0.4, 0.5) is 0 Å². The molecule has 1 heterocycles. The summed E-state index contributed by atoms with van der Waals surface area (Å²) in [7, 11) is 0. The Morgan fingerprint density at radius 1 is 1.71 bits per heavy atom. The minimum atomic E-state index is -0.474. The zero-order chi connectivity index (χ0) is 10.2. The van der Waals surface area contributed by atoms with Crippen LogP contribution in [0.3, 0.4) is 0 Å². The highest BCUT2D eigenvalue weighted by Crippen LogP contribution is 2.38. The van der Waals surface area contributed by atoms with Crippen molar-refractivity contribution in [1.29, 1.82) is 0 Å². The average Bonchev–Trinajstić information content (AvgIpc) is 2.93. The van der Waals surface area contributed by atoms with Crippen molar-refractivity contribution in [3.63, 3.8) is 0 Å². The van der Waals surface area contributed by atoms with Crippen LogP contribution in [0.15, 0.2) is 12.4 Å². The van der Waals surface area contributed by atoms with Crippen molar-refractivity contribution in [2.24, 2.45) is 11.7 Å². The molecule has 2 rings (SSSR count). The lowest BCUT2D eigenvalue weighted by Crippen LogP contribution is -2.49. The van der Waals surface area contributed by atoms with E-state index in [9.17, 15) is 5.11 Å². The number of nitrogens with zero attached hydrogens (tertiary/aromatic N) is 2. The zero-order valence-corrected chi connectivity index (χ0v) is 8.48. The molecule has 1 aliphatic carbocycles. The van der Waals surface area contributed by atoms with Crippen LogP contribution >= 0.6 is 0 Å². The van der Waals surface area contributed by atoms with Gasteiger partial charge in [0.2, 0.25) is 0 Å². The number of nitrogens with two attached hydrogens (primary N) is 1. The predicted molar refractivity (Wildman–Crippen MR) is 53.7 cm³/mol. The van der Waals surface area contributed by atoms with E-state index < -0.39 is 5.54 Å². The van der Waals surface area contributed by atoms with Crippen molar-refractivity contribution in [2.45, 2.75) is 31.8 Å². The van der Waals surface area contributed by atoms with Crippen LogP contribution in [0.25, 0.3) is 0 Å². The molecule has 4 heteroatoms. The van der Waals surface area contributed by atoms with Gasteiger partial charge in [-0.05, 0) is 31.2 Å². The first-order valence-corrected chi connectivity index (χ1v) is 5.03. The lowest BCUT2D eigenvalue weighted by atomic mass is 9.96. The molecule has 14 heavy (non-hydrogen) atoms. The van der Waals surface area contributed by atoms with Gasteiger partial charge >= 0.3 is 0 Å². The molecule has 1 aromatic rings. The number of rotatable bonds is 4. The maximum absolute atomic E-state index is 9.30. The predicted octanol–water partition coefficient (Wildman–Crippen LogP) is 0.291. The van der Waals surface area contributed by atoms with E-state index in [1.165, 1.54) is 0 Å². The van der Waals surface area contributed by atoms with Crippen LogP contribution in [0.2, 0.25) is 0 Å². The number of aliphatic hydroxyl groups is 1. The fourth-order valence-electron chi connectivity index (χ4n) is 1.82. The molecule has 1 aromatic heterocycles. The summed E-state index contributed by atoms with van der Waals surface area (Å²) in [6, 6.07) is 0. The normalized spacial score (nSPS) is 20.8. The molecular weight excluding hydrogens is 178 g/mol. The minimum absolute atomic E-state index is 0.0383. The van der Waals surface area contributed by atoms with E-state index in [1.807, 2.05) is 24.0 Å². The molecule has 1 fully saturated rings. The number of aryl methyl sites for hydroxylation is 1. The Labute approximate surface area is 83.7 Å². The van der Waals surface area contributed by atoms with Gasteiger partial charge in [0.15, 0.2) is 0 Å². The van der Waals surface area contributed by atoms with E-state index in [2.05, 4.69) is 5.10 Å². The Balaban J connectivity index is 2.07. The van der Waals surface area contributed by atoms with E-state index in [4.69, 9.17) is 5.73 Å². The summed E-state index contributed by atoms with van der Waals surface area (Å²) in [5, 5.41) is 13.5. The molecule has 1 atom stereocenters. The topological polar surface area (TPSA) is 64.1 Å². The van der Waals surface area contributed by atoms with Crippen LogP contribution in [0.1, 0.15) is 18.4 Å². The van der Waals surface area contributed by atoms with Gasteiger partial charge in [0.05, 0.1) is 24.9 Å². The summed E-state index contributed by atoms with van der Waals surface area (Å²) in [5.41, 5.74) is 6.79. The Morgan fingerprint density at radius 2 is 2.43 bits per heavy atom. The summed E-state index contributed by atoms with van der Waals surface area (Å²) < 4.78 is 1.82. The third-order valence-corrected chi connectivity index (χ3v) is 2.90. The highest BCUT2D eigenvalue weighted by molar-refractivity contribution is 5.03. The van der Waals surface area contributed by atoms with Gasteiger partial charge in [0, 0.05) is 6.20 Å². The van der Waals surface area contributed by atoms with Gasteiger partial charge in [0.25, 0.3) is 0 Å². The van der Waals surface area contributed by atoms with Crippen molar-refractivity contribution in [3.05, 3.63) is 18.0 Å². The molecule has 0 aromatic carbocycles. The summed E-state index contributed by atoms with van der Waals surface area (Å²) in [6.07, 6.45) is 6.04. The average molecular weight is 195 g/mol. The molecular formula is C10H17N3O. The standard InChI is InChI=1S/C10H17N3O/c1-8-4-12-13(5-8)6-10(11,7-14)9-2-3-9/h4-5,9,14H,2-3,6-7,11H2,1H3. The van der Waals surface area contributed by atoms with E-state index in [1.54, 1.807) is 0 Å². The summed E-state index contributed by atoms with van der Waals surface area (Å²) in [4.78, 5) is 0. The fraction of sp³-hybridized carbons (Fsp3) is 0.700. The van der Waals surface area contributed by atoms with Crippen LogP contribution < -0.4 is 5.73 Å². The van der Waals surface area contributed by atoms with E-state index in [-0.39, 0.29) is 6.61 Å². The summed E-state index contributed by atoms with van der Waals surface area (Å²) in [6.45, 7) is 2.65. The molecule has 1 aliphatic rings. The minimum Gasteiger partial charge on any atom is -0.394 e. The third kappa shape index (κ3) is 1.81. The first-order valence-electron chi connectivity index (χ1n) is 5.03. The lowest BCUT2D eigenvalue weighted by molar-refractivity contribution is 0.155. The lowest BCUT2D eigenvalue weighted by Gasteiger charge is -2.26. The fourth-order valence-corrected chi connectivity index (χ4v) is 1.82. The molecule has 0 amide bonds. The third-order valence-electron chi connectivity index (χ3n) is 2.90. The summed E-state index contributed by atoms with van der Waals surface area (Å²) in [5.74, 6) is 0.469. The van der Waals surface area contributed by atoms with Crippen LogP contribution in [-0.4, -0.2) is 27.0 Å². The van der Waals surface area contributed by atoms with Crippen molar-refractivity contribution < 1.29 is 5.11 Å². The van der Waals surface area contributed by atoms with Gasteiger partial charge in [-0.1, -0.05) is 0 Å². The van der Waals surface area contributed by atoms with Gasteiger partial charge in [0.1, 0.15) is 0 Å². The number of aromatic nitrogens is 2. The Morgan fingerprint density at radius 3 is 2.86 bits per heavy atom. The molecule has 4 nitrogen and oxygen atoms in total. The molecule has 0 radical (unpaired) electrons. The van der Waals surface area contributed by atoms with Gasteiger partial charge in [-0.15, -0.1) is 0 Å². The highest BCUT2D eigenvalue weighted by Gasteiger charge is 2.42. The molecule has 0 saturated heterocycles. The van der Waals surface area contributed by atoms with E-state index in [0.29, 0.717) is 12.5 Å². The first-order chi connectivity index (χ1) is 6.64. The SMILES string of the molecule is Cc1cnn(CC(N)(CO)C2CC2)c1. The molecule has 1 unspecified atom stereocenters. The molecule has 0 aliphatic heterocycles. The van der Waals surface area contributed by atoms with Gasteiger partial charge < -0.3 is 10.8 Å². The quantitative estimate of drug-likeness (QED) is 0.726. The smallest absolute Gasteiger partial charge is 0.0632 e. The molecule has 0 bridgehead atoms. The monoisotopic (exact) mass is 195 g/mol.